The van der Waals surface area contributed by atoms with Gasteiger partial charge in [0, 0.05) is 41.9 Å². The summed E-state index contributed by atoms with van der Waals surface area (Å²) in [6.45, 7) is 3.23. The Morgan fingerprint density at radius 2 is 2.08 bits per heavy atom. The Labute approximate surface area is 153 Å². The number of allylic oxidation sites excluding steroid dienone is 2. The van der Waals surface area contributed by atoms with Crippen LogP contribution in [0.4, 0.5) is 8.78 Å². The van der Waals surface area contributed by atoms with Crippen LogP contribution in [0.5, 0.6) is 0 Å². The Hall–Kier alpha value is -2.01. The van der Waals surface area contributed by atoms with E-state index in [0.29, 0.717) is 11.5 Å². The Balaban J connectivity index is 1.51. The maximum atomic E-state index is 14.2. The van der Waals surface area contributed by atoms with Crippen molar-refractivity contribution in [3.05, 3.63) is 53.9 Å². The first kappa shape index (κ1) is 17.4. The van der Waals surface area contributed by atoms with Crippen LogP contribution in [0.1, 0.15) is 43.7 Å². The third-order valence-electron chi connectivity index (χ3n) is 5.70. The minimum Gasteiger partial charge on any atom is -0.302 e. The first-order valence-corrected chi connectivity index (χ1v) is 9.56. The van der Waals surface area contributed by atoms with Crippen LogP contribution >= 0.6 is 0 Å². The van der Waals surface area contributed by atoms with Crippen molar-refractivity contribution in [2.24, 2.45) is 5.92 Å². The Kier molecular flexibility index (Phi) is 5.16. The van der Waals surface area contributed by atoms with Crippen LogP contribution < -0.4 is 0 Å². The van der Waals surface area contributed by atoms with Gasteiger partial charge in [-0.15, -0.1) is 0 Å². The van der Waals surface area contributed by atoms with Gasteiger partial charge in [-0.25, -0.2) is 8.78 Å². The molecule has 5 heteroatoms. The molecule has 26 heavy (non-hydrogen) atoms. The molecule has 2 atom stereocenters. The zero-order valence-corrected chi connectivity index (χ0v) is 14.9. The van der Waals surface area contributed by atoms with E-state index in [2.05, 4.69) is 27.2 Å². The average molecular weight is 357 g/mol. The minimum atomic E-state index is -0.554. The van der Waals surface area contributed by atoms with Crippen LogP contribution in [0.2, 0.25) is 0 Å². The van der Waals surface area contributed by atoms with Crippen molar-refractivity contribution in [2.45, 2.75) is 38.0 Å². The number of likely N-dealkylation sites (tertiary alicyclic amines) is 1. The van der Waals surface area contributed by atoms with Crippen LogP contribution in [0.15, 0.2) is 36.5 Å². The van der Waals surface area contributed by atoms with Crippen molar-refractivity contribution in [3.8, 4) is 11.1 Å². The van der Waals surface area contributed by atoms with E-state index < -0.39 is 11.6 Å². The van der Waals surface area contributed by atoms with Gasteiger partial charge in [-0.3, -0.25) is 5.10 Å². The van der Waals surface area contributed by atoms with E-state index in [4.69, 9.17) is 0 Å². The van der Waals surface area contributed by atoms with E-state index in [1.165, 1.54) is 31.4 Å². The Morgan fingerprint density at radius 3 is 2.88 bits per heavy atom. The lowest BCUT2D eigenvalue weighted by atomic mass is 9.88. The largest absolute Gasteiger partial charge is 0.302 e. The number of hydrogen-bond acceptors (Lipinski definition) is 2. The summed E-state index contributed by atoms with van der Waals surface area (Å²) in [5, 5.41) is 7.26. The predicted molar refractivity (Wildman–Crippen MR) is 98.8 cm³/mol. The molecule has 0 spiro atoms. The molecule has 1 aliphatic heterocycles. The number of nitrogens with zero attached hydrogens (tertiary/aromatic N) is 2. The molecule has 1 N–H and O–H groups in total. The molecule has 1 aliphatic carbocycles. The van der Waals surface area contributed by atoms with Gasteiger partial charge < -0.3 is 4.90 Å². The number of nitrogens with one attached hydrogen (secondary N) is 1. The third kappa shape index (κ3) is 3.73. The standard InChI is InChI=1S/C21H25F2N3/c22-17-8-9-18(20(23)11-17)19-12-24-25-21(19)16-7-4-10-26(14-16)13-15-5-2-1-3-6-15/h1-2,8-9,11-12,15-16H,3-7,10,13-14H2,(H,24,25)/t15-,16-/m1/s1. The molecule has 1 aromatic carbocycles. The molecule has 3 nitrogen and oxygen atoms in total. The second-order valence-corrected chi connectivity index (χ2v) is 7.57. The Morgan fingerprint density at radius 1 is 1.15 bits per heavy atom. The van der Waals surface area contributed by atoms with E-state index >= 15 is 0 Å². The number of H-pyrrole nitrogens is 1. The number of benzene rings is 1. The molecule has 2 aromatic rings. The summed E-state index contributed by atoms with van der Waals surface area (Å²) in [7, 11) is 0. The van der Waals surface area contributed by atoms with Crippen molar-refractivity contribution in [1.29, 1.82) is 0 Å². The Bertz CT molecular complexity index is 783. The lowest BCUT2D eigenvalue weighted by Gasteiger charge is -2.35. The quantitative estimate of drug-likeness (QED) is 0.790. The topological polar surface area (TPSA) is 31.9 Å². The molecule has 0 bridgehead atoms. The molecule has 2 heterocycles. The fourth-order valence-electron chi connectivity index (χ4n) is 4.37. The second kappa shape index (κ2) is 7.70. The van der Waals surface area contributed by atoms with Crippen molar-refractivity contribution < 1.29 is 8.78 Å². The van der Waals surface area contributed by atoms with E-state index in [1.807, 2.05) is 0 Å². The van der Waals surface area contributed by atoms with E-state index in [1.54, 1.807) is 6.20 Å². The first-order chi connectivity index (χ1) is 12.7. The lowest BCUT2D eigenvalue weighted by molar-refractivity contribution is 0.173. The monoisotopic (exact) mass is 357 g/mol. The predicted octanol–water partition coefficient (Wildman–Crippen LogP) is 4.89. The van der Waals surface area contributed by atoms with Gasteiger partial charge in [-0.05, 0) is 56.7 Å². The zero-order chi connectivity index (χ0) is 17.9. The summed E-state index contributed by atoms with van der Waals surface area (Å²) in [5.41, 5.74) is 2.16. The SMILES string of the molecule is Fc1ccc(-c2cn[nH]c2[C@@H]2CCCN(C[C@@H]3CC=CCC3)C2)c(F)c1. The van der Waals surface area contributed by atoms with E-state index in [0.717, 1.165) is 55.7 Å². The number of rotatable bonds is 4. The zero-order valence-electron chi connectivity index (χ0n) is 14.9. The summed E-state index contributed by atoms with van der Waals surface area (Å²) in [5.74, 6) is -0.0321. The molecular formula is C21H25F2N3. The normalized spacial score (nSPS) is 24.1. The molecule has 1 aromatic heterocycles. The second-order valence-electron chi connectivity index (χ2n) is 7.57. The molecule has 0 saturated carbocycles. The van der Waals surface area contributed by atoms with Crippen LogP contribution in [-0.2, 0) is 0 Å². The van der Waals surface area contributed by atoms with Crippen molar-refractivity contribution in [1.82, 2.24) is 15.1 Å². The molecule has 1 fully saturated rings. The number of halogens is 2. The van der Waals surface area contributed by atoms with Crippen molar-refractivity contribution in [3.63, 3.8) is 0 Å². The number of aromatic nitrogens is 2. The van der Waals surface area contributed by atoms with Gasteiger partial charge in [-0.2, -0.15) is 5.10 Å². The molecule has 138 valence electrons. The van der Waals surface area contributed by atoms with E-state index in [-0.39, 0.29) is 0 Å². The lowest BCUT2D eigenvalue weighted by Crippen LogP contribution is -2.38. The molecular weight excluding hydrogens is 332 g/mol. The van der Waals surface area contributed by atoms with Gasteiger partial charge in [-0.1, -0.05) is 12.2 Å². The number of hydrogen-bond donors (Lipinski definition) is 1. The summed E-state index contributed by atoms with van der Waals surface area (Å²) in [6, 6.07) is 3.75. The maximum absolute atomic E-state index is 14.2. The molecule has 0 radical (unpaired) electrons. The van der Waals surface area contributed by atoms with Gasteiger partial charge in [0.25, 0.3) is 0 Å². The fourth-order valence-corrected chi connectivity index (χ4v) is 4.37. The fraction of sp³-hybridized carbons (Fsp3) is 0.476. The molecule has 1 saturated heterocycles. The summed E-state index contributed by atoms with van der Waals surface area (Å²) in [6.07, 6.45) is 12.1. The van der Waals surface area contributed by atoms with E-state index in [9.17, 15) is 8.78 Å². The van der Waals surface area contributed by atoms with Gasteiger partial charge in [0.1, 0.15) is 11.6 Å². The van der Waals surface area contributed by atoms with Gasteiger partial charge in [0.15, 0.2) is 0 Å². The van der Waals surface area contributed by atoms with Crippen LogP contribution in [0.25, 0.3) is 11.1 Å². The van der Waals surface area contributed by atoms with Crippen LogP contribution in [0.3, 0.4) is 0 Å². The highest BCUT2D eigenvalue weighted by Crippen LogP contribution is 2.35. The van der Waals surface area contributed by atoms with Crippen LogP contribution in [-0.4, -0.2) is 34.7 Å². The smallest absolute Gasteiger partial charge is 0.134 e. The highest BCUT2D eigenvalue weighted by Gasteiger charge is 2.27. The summed E-state index contributed by atoms with van der Waals surface area (Å²) < 4.78 is 27.5. The maximum Gasteiger partial charge on any atom is 0.134 e. The minimum absolute atomic E-state index is 0.310. The molecule has 2 aliphatic rings. The number of aromatic amines is 1. The highest BCUT2D eigenvalue weighted by molar-refractivity contribution is 5.66. The highest BCUT2D eigenvalue weighted by atomic mass is 19.1. The van der Waals surface area contributed by atoms with Crippen molar-refractivity contribution >= 4 is 0 Å². The number of piperidine rings is 1. The molecule has 0 amide bonds. The molecule has 4 rings (SSSR count). The van der Waals surface area contributed by atoms with Crippen molar-refractivity contribution in [2.75, 3.05) is 19.6 Å². The summed E-state index contributed by atoms with van der Waals surface area (Å²) in [4.78, 5) is 2.55. The van der Waals surface area contributed by atoms with Gasteiger partial charge in [0.05, 0.1) is 6.20 Å². The van der Waals surface area contributed by atoms with Crippen LogP contribution in [0, 0.1) is 17.6 Å². The van der Waals surface area contributed by atoms with Gasteiger partial charge >= 0.3 is 0 Å². The first-order valence-electron chi connectivity index (χ1n) is 9.56. The van der Waals surface area contributed by atoms with Gasteiger partial charge in [0.2, 0.25) is 0 Å². The molecule has 0 unspecified atom stereocenters. The summed E-state index contributed by atoms with van der Waals surface area (Å²) >= 11 is 0. The average Bonchev–Trinajstić information content (AvgIpc) is 3.12. The third-order valence-corrected chi connectivity index (χ3v) is 5.70.